The van der Waals surface area contributed by atoms with Gasteiger partial charge in [-0.15, -0.1) is 0 Å². The average molecular weight is 156 g/mol. The zero-order valence-corrected chi connectivity index (χ0v) is 6.27. The molecule has 0 rings (SSSR count). The average Bonchev–Trinajstić information content (AvgIpc) is 1.69. The standard InChI is InChI=1S/C6H12O.Fe/c1-2-3-4-5-6-7;/h6H,2-5H2,1H3;. The summed E-state index contributed by atoms with van der Waals surface area (Å²) in [5.74, 6) is 0. The predicted octanol–water partition coefficient (Wildman–Crippen LogP) is 1.76. The van der Waals surface area contributed by atoms with Crippen molar-refractivity contribution in [3.63, 3.8) is 0 Å². The zero-order valence-electron chi connectivity index (χ0n) is 5.17. The molecule has 0 aromatic heterocycles. The third-order valence-electron chi connectivity index (χ3n) is 0.926. The Balaban J connectivity index is 0. The maximum Gasteiger partial charge on any atom is 0.119 e. The number of hydrogen-bond acceptors (Lipinski definition) is 1. The summed E-state index contributed by atoms with van der Waals surface area (Å²) < 4.78 is 0. The molecule has 0 aromatic rings. The van der Waals surface area contributed by atoms with Gasteiger partial charge in [0.15, 0.2) is 0 Å². The van der Waals surface area contributed by atoms with E-state index in [0.717, 1.165) is 19.1 Å². The fourth-order valence-corrected chi connectivity index (χ4v) is 0.478. The van der Waals surface area contributed by atoms with Gasteiger partial charge in [-0.3, -0.25) is 0 Å². The van der Waals surface area contributed by atoms with E-state index in [1.54, 1.807) is 0 Å². The van der Waals surface area contributed by atoms with Gasteiger partial charge in [-0.05, 0) is 6.42 Å². The molecule has 0 heterocycles. The van der Waals surface area contributed by atoms with Crippen molar-refractivity contribution in [1.82, 2.24) is 0 Å². The van der Waals surface area contributed by atoms with Crippen LogP contribution in [-0.2, 0) is 21.9 Å². The van der Waals surface area contributed by atoms with Gasteiger partial charge >= 0.3 is 0 Å². The van der Waals surface area contributed by atoms with E-state index in [4.69, 9.17) is 0 Å². The van der Waals surface area contributed by atoms with Crippen LogP contribution in [0.3, 0.4) is 0 Å². The molecular weight excluding hydrogens is 144 g/mol. The Morgan fingerprint density at radius 1 is 1.38 bits per heavy atom. The molecule has 2 heteroatoms. The van der Waals surface area contributed by atoms with Gasteiger partial charge in [-0.1, -0.05) is 19.8 Å². The summed E-state index contributed by atoms with van der Waals surface area (Å²) in [6.07, 6.45) is 5.19. The molecule has 0 radical (unpaired) electrons. The third-order valence-corrected chi connectivity index (χ3v) is 0.926. The minimum Gasteiger partial charge on any atom is -0.303 e. The molecule has 0 N–H and O–H groups in total. The molecule has 0 unspecified atom stereocenters. The van der Waals surface area contributed by atoms with Crippen LogP contribution in [0.4, 0.5) is 0 Å². The largest absolute Gasteiger partial charge is 0.303 e. The Hall–Kier alpha value is 0.189. The van der Waals surface area contributed by atoms with Crippen LogP contribution in [0.2, 0.25) is 0 Å². The Labute approximate surface area is 61.3 Å². The van der Waals surface area contributed by atoms with Crippen LogP contribution in [0.25, 0.3) is 0 Å². The third kappa shape index (κ3) is 9.50. The smallest absolute Gasteiger partial charge is 0.119 e. The van der Waals surface area contributed by atoms with E-state index in [0.29, 0.717) is 0 Å². The summed E-state index contributed by atoms with van der Waals surface area (Å²) in [7, 11) is 0. The second-order valence-electron chi connectivity index (χ2n) is 1.66. The number of carbonyl (C=O) groups excluding carboxylic acids is 1. The van der Waals surface area contributed by atoms with Crippen molar-refractivity contribution in [2.24, 2.45) is 0 Å². The fraction of sp³-hybridized carbons (Fsp3) is 0.833. The predicted molar refractivity (Wildman–Crippen MR) is 30.2 cm³/mol. The van der Waals surface area contributed by atoms with Crippen LogP contribution in [0.15, 0.2) is 0 Å². The molecule has 0 fully saturated rings. The van der Waals surface area contributed by atoms with Crippen LogP contribution >= 0.6 is 0 Å². The van der Waals surface area contributed by atoms with Crippen LogP contribution in [0.5, 0.6) is 0 Å². The molecule has 0 spiro atoms. The summed E-state index contributed by atoms with van der Waals surface area (Å²) in [5, 5.41) is 0. The SMILES string of the molecule is CCCCCC=O.[Fe]. The number of unbranched alkanes of at least 4 members (excludes halogenated alkanes) is 3. The van der Waals surface area contributed by atoms with Gasteiger partial charge < -0.3 is 4.79 Å². The first-order chi connectivity index (χ1) is 3.41. The van der Waals surface area contributed by atoms with Gasteiger partial charge in [0.1, 0.15) is 6.29 Å². The van der Waals surface area contributed by atoms with E-state index < -0.39 is 0 Å². The van der Waals surface area contributed by atoms with Gasteiger partial charge in [0.05, 0.1) is 0 Å². The summed E-state index contributed by atoms with van der Waals surface area (Å²) >= 11 is 0. The van der Waals surface area contributed by atoms with Crippen molar-refractivity contribution in [3.05, 3.63) is 0 Å². The Morgan fingerprint density at radius 2 is 2.00 bits per heavy atom. The molecule has 50 valence electrons. The maximum absolute atomic E-state index is 9.68. The fourth-order valence-electron chi connectivity index (χ4n) is 0.478. The van der Waals surface area contributed by atoms with Gasteiger partial charge in [0.25, 0.3) is 0 Å². The van der Waals surface area contributed by atoms with E-state index in [1.165, 1.54) is 12.8 Å². The van der Waals surface area contributed by atoms with Crippen LogP contribution < -0.4 is 0 Å². The van der Waals surface area contributed by atoms with Gasteiger partial charge in [-0.2, -0.15) is 0 Å². The van der Waals surface area contributed by atoms with Crippen molar-refractivity contribution in [3.8, 4) is 0 Å². The van der Waals surface area contributed by atoms with E-state index in [2.05, 4.69) is 6.92 Å². The molecular formula is C6H12FeO. The monoisotopic (exact) mass is 156 g/mol. The maximum atomic E-state index is 9.68. The van der Waals surface area contributed by atoms with Crippen LogP contribution in [0.1, 0.15) is 32.6 Å². The molecule has 0 aliphatic heterocycles. The van der Waals surface area contributed by atoms with E-state index in [1.807, 2.05) is 0 Å². The molecule has 0 aromatic carbocycles. The second kappa shape index (κ2) is 10.2. The van der Waals surface area contributed by atoms with Gasteiger partial charge in [-0.25, -0.2) is 0 Å². The van der Waals surface area contributed by atoms with Crippen molar-refractivity contribution in [2.45, 2.75) is 32.6 Å². The Kier molecular flexibility index (Phi) is 14.1. The minimum atomic E-state index is 0. The first-order valence-corrected chi connectivity index (χ1v) is 2.85. The van der Waals surface area contributed by atoms with E-state index >= 15 is 0 Å². The Morgan fingerprint density at radius 3 is 2.38 bits per heavy atom. The van der Waals surface area contributed by atoms with Crippen molar-refractivity contribution < 1.29 is 21.9 Å². The number of hydrogen-bond donors (Lipinski definition) is 0. The zero-order chi connectivity index (χ0) is 5.54. The Bertz CT molecular complexity index is 45.8. The van der Waals surface area contributed by atoms with Crippen molar-refractivity contribution in [1.29, 1.82) is 0 Å². The molecule has 0 amide bonds. The summed E-state index contributed by atoms with van der Waals surface area (Å²) in [5.41, 5.74) is 0. The van der Waals surface area contributed by atoms with Crippen molar-refractivity contribution >= 4 is 6.29 Å². The topological polar surface area (TPSA) is 17.1 Å². The molecule has 0 saturated heterocycles. The quantitative estimate of drug-likeness (QED) is 0.344. The molecule has 8 heavy (non-hydrogen) atoms. The van der Waals surface area contributed by atoms with E-state index in [9.17, 15) is 4.79 Å². The first-order valence-electron chi connectivity index (χ1n) is 2.85. The summed E-state index contributed by atoms with van der Waals surface area (Å²) in [4.78, 5) is 9.68. The van der Waals surface area contributed by atoms with E-state index in [-0.39, 0.29) is 17.1 Å². The van der Waals surface area contributed by atoms with Crippen LogP contribution in [-0.4, -0.2) is 6.29 Å². The number of carbonyl (C=O) groups is 1. The summed E-state index contributed by atoms with van der Waals surface area (Å²) in [6.45, 7) is 2.13. The molecule has 0 bridgehead atoms. The molecule has 0 aliphatic rings. The van der Waals surface area contributed by atoms with Gasteiger partial charge in [0, 0.05) is 23.5 Å². The normalized spacial score (nSPS) is 7.62. The molecule has 1 nitrogen and oxygen atoms in total. The van der Waals surface area contributed by atoms with Crippen molar-refractivity contribution in [2.75, 3.05) is 0 Å². The minimum absolute atomic E-state index is 0. The molecule has 0 aliphatic carbocycles. The first kappa shape index (κ1) is 11.0. The van der Waals surface area contributed by atoms with Gasteiger partial charge in [0.2, 0.25) is 0 Å². The second-order valence-corrected chi connectivity index (χ2v) is 1.66. The number of rotatable bonds is 4. The number of aldehydes is 1. The molecule has 0 saturated carbocycles. The summed E-state index contributed by atoms with van der Waals surface area (Å²) in [6, 6.07) is 0. The molecule has 0 atom stereocenters. The van der Waals surface area contributed by atoms with Crippen LogP contribution in [0, 0.1) is 0 Å².